The normalized spacial score (nSPS) is 28.1. The van der Waals surface area contributed by atoms with Crippen LogP contribution in [0.15, 0.2) is 30.5 Å². The SMILES string of the molecule is CC1CCCCC1C(=O)NC1CCC(Nc2ccnc3cc(Cl)ccc23)CC1. The van der Waals surface area contributed by atoms with Crippen molar-refractivity contribution in [1.82, 2.24) is 10.3 Å². The lowest BCUT2D eigenvalue weighted by Gasteiger charge is -2.33. The first-order valence-electron chi connectivity index (χ1n) is 10.7. The Hall–Kier alpha value is -1.81. The number of amides is 1. The summed E-state index contributed by atoms with van der Waals surface area (Å²) in [6.45, 7) is 2.23. The molecule has 1 amide bonds. The van der Waals surface area contributed by atoms with Crippen molar-refractivity contribution in [3.05, 3.63) is 35.5 Å². The number of aromatic nitrogens is 1. The number of nitrogens with one attached hydrogen (secondary N) is 2. The Kier molecular flexibility index (Phi) is 6.05. The second kappa shape index (κ2) is 8.69. The highest BCUT2D eigenvalue weighted by Gasteiger charge is 2.30. The molecule has 0 aliphatic heterocycles. The van der Waals surface area contributed by atoms with Gasteiger partial charge in [0.15, 0.2) is 0 Å². The quantitative estimate of drug-likeness (QED) is 0.708. The zero-order chi connectivity index (χ0) is 19.5. The number of rotatable bonds is 4. The number of benzene rings is 1. The van der Waals surface area contributed by atoms with E-state index in [4.69, 9.17) is 11.6 Å². The van der Waals surface area contributed by atoms with Gasteiger partial charge in [-0.05, 0) is 68.7 Å². The molecule has 0 spiro atoms. The molecule has 5 heteroatoms. The van der Waals surface area contributed by atoms with Crippen molar-refractivity contribution >= 4 is 34.1 Å². The van der Waals surface area contributed by atoms with Crippen LogP contribution in [-0.2, 0) is 4.79 Å². The minimum atomic E-state index is 0.222. The lowest BCUT2D eigenvalue weighted by atomic mass is 9.79. The molecule has 2 atom stereocenters. The Bertz CT molecular complexity index is 832. The summed E-state index contributed by atoms with van der Waals surface area (Å²) >= 11 is 6.09. The van der Waals surface area contributed by atoms with Crippen molar-refractivity contribution in [3.63, 3.8) is 0 Å². The molecule has 1 heterocycles. The van der Waals surface area contributed by atoms with E-state index in [-0.39, 0.29) is 5.92 Å². The molecule has 2 fully saturated rings. The standard InChI is InChI=1S/C23H30ClN3O/c1-15-4-2-3-5-19(15)23(28)27-18-9-7-17(8-10-18)26-21-12-13-25-22-14-16(24)6-11-20(21)22/h6,11-15,17-19H,2-5,7-10H2,1H3,(H,25,26)(H,27,28). The van der Waals surface area contributed by atoms with E-state index in [2.05, 4.69) is 22.5 Å². The number of anilines is 1. The first-order chi connectivity index (χ1) is 13.6. The fraction of sp³-hybridized carbons (Fsp3) is 0.565. The van der Waals surface area contributed by atoms with E-state index in [9.17, 15) is 4.79 Å². The molecule has 0 radical (unpaired) electrons. The number of carbonyl (C=O) groups excluding carboxylic acids is 1. The summed E-state index contributed by atoms with van der Waals surface area (Å²) in [6, 6.07) is 8.64. The van der Waals surface area contributed by atoms with Crippen LogP contribution >= 0.6 is 11.6 Å². The van der Waals surface area contributed by atoms with Crippen LogP contribution < -0.4 is 10.6 Å². The van der Waals surface area contributed by atoms with E-state index in [0.29, 0.717) is 28.9 Å². The van der Waals surface area contributed by atoms with E-state index >= 15 is 0 Å². The van der Waals surface area contributed by atoms with Gasteiger partial charge in [0.1, 0.15) is 0 Å². The minimum Gasteiger partial charge on any atom is -0.382 e. The molecule has 2 aliphatic rings. The van der Waals surface area contributed by atoms with Gasteiger partial charge in [-0.2, -0.15) is 0 Å². The lowest BCUT2D eigenvalue weighted by molar-refractivity contribution is -0.128. The molecule has 2 aromatic rings. The summed E-state index contributed by atoms with van der Waals surface area (Å²) < 4.78 is 0. The van der Waals surface area contributed by atoms with E-state index in [1.54, 1.807) is 0 Å². The van der Waals surface area contributed by atoms with Crippen molar-refractivity contribution in [2.75, 3.05) is 5.32 Å². The van der Waals surface area contributed by atoms with E-state index in [1.807, 2.05) is 30.5 Å². The Morgan fingerprint density at radius 1 is 1.04 bits per heavy atom. The summed E-state index contributed by atoms with van der Waals surface area (Å²) in [7, 11) is 0. The first-order valence-corrected chi connectivity index (χ1v) is 11.1. The number of nitrogens with zero attached hydrogens (tertiary/aromatic N) is 1. The molecular weight excluding hydrogens is 370 g/mol. The highest BCUT2D eigenvalue weighted by Crippen LogP contribution is 2.31. The van der Waals surface area contributed by atoms with Crippen LogP contribution in [0.25, 0.3) is 10.9 Å². The van der Waals surface area contributed by atoms with Crippen molar-refractivity contribution in [2.24, 2.45) is 11.8 Å². The van der Waals surface area contributed by atoms with Gasteiger partial charge < -0.3 is 10.6 Å². The van der Waals surface area contributed by atoms with Crippen molar-refractivity contribution in [2.45, 2.75) is 70.4 Å². The number of pyridine rings is 1. The van der Waals surface area contributed by atoms with Crippen LogP contribution in [0.1, 0.15) is 58.3 Å². The Labute approximate surface area is 172 Å². The molecule has 2 unspecified atom stereocenters. The highest BCUT2D eigenvalue weighted by atomic mass is 35.5. The van der Waals surface area contributed by atoms with E-state index in [1.165, 1.54) is 19.3 Å². The topological polar surface area (TPSA) is 54.0 Å². The number of halogens is 1. The zero-order valence-corrected chi connectivity index (χ0v) is 17.3. The summed E-state index contributed by atoms with van der Waals surface area (Å²) in [5.74, 6) is 1.04. The summed E-state index contributed by atoms with van der Waals surface area (Å²) in [5, 5.41) is 8.85. The molecule has 0 bridgehead atoms. The molecule has 150 valence electrons. The fourth-order valence-corrected chi connectivity index (χ4v) is 5.03. The maximum absolute atomic E-state index is 12.7. The maximum atomic E-state index is 12.7. The van der Waals surface area contributed by atoms with E-state index < -0.39 is 0 Å². The van der Waals surface area contributed by atoms with Gasteiger partial charge in [0, 0.05) is 40.3 Å². The van der Waals surface area contributed by atoms with Gasteiger partial charge in [0.2, 0.25) is 5.91 Å². The summed E-state index contributed by atoms with van der Waals surface area (Å²) in [6.07, 6.45) is 10.8. The Morgan fingerprint density at radius 2 is 1.79 bits per heavy atom. The van der Waals surface area contributed by atoms with Gasteiger partial charge in [-0.15, -0.1) is 0 Å². The molecule has 1 aromatic heterocycles. The molecule has 2 N–H and O–H groups in total. The van der Waals surface area contributed by atoms with Crippen LogP contribution in [0.3, 0.4) is 0 Å². The fourth-order valence-electron chi connectivity index (χ4n) is 4.86. The second-order valence-corrected chi connectivity index (χ2v) is 9.03. The molecule has 4 rings (SSSR count). The van der Waals surface area contributed by atoms with Crippen molar-refractivity contribution < 1.29 is 4.79 Å². The molecule has 28 heavy (non-hydrogen) atoms. The van der Waals surface area contributed by atoms with Crippen LogP contribution in [-0.4, -0.2) is 23.0 Å². The molecular formula is C23H30ClN3O. The third-order valence-corrected chi connectivity index (χ3v) is 6.82. The zero-order valence-electron chi connectivity index (χ0n) is 16.6. The average molecular weight is 400 g/mol. The number of fused-ring (bicyclic) bond motifs is 1. The van der Waals surface area contributed by atoms with Crippen LogP contribution in [0.5, 0.6) is 0 Å². The number of hydrogen-bond donors (Lipinski definition) is 2. The third kappa shape index (κ3) is 4.43. The summed E-state index contributed by atoms with van der Waals surface area (Å²) in [5.41, 5.74) is 2.03. The summed E-state index contributed by atoms with van der Waals surface area (Å²) in [4.78, 5) is 17.1. The van der Waals surface area contributed by atoms with Crippen LogP contribution in [0.2, 0.25) is 5.02 Å². The monoisotopic (exact) mass is 399 g/mol. The number of hydrogen-bond acceptors (Lipinski definition) is 3. The van der Waals surface area contributed by atoms with Gasteiger partial charge in [-0.25, -0.2) is 0 Å². The third-order valence-electron chi connectivity index (χ3n) is 6.59. The van der Waals surface area contributed by atoms with Gasteiger partial charge in [-0.1, -0.05) is 31.4 Å². The average Bonchev–Trinajstić information content (AvgIpc) is 2.69. The van der Waals surface area contributed by atoms with Gasteiger partial charge in [0.05, 0.1) is 5.52 Å². The largest absolute Gasteiger partial charge is 0.382 e. The van der Waals surface area contributed by atoms with Gasteiger partial charge >= 0.3 is 0 Å². The predicted octanol–water partition coefficient (Wildman–Crippen LogP) is 5.55. The maximum Gasteiger partial charge on any atom is 0.223 e. The predicted molar refractivity (Wildman–Crippen MR) is 116 cm³/mol. The molecule has 0 saturated heterocycles. The van der Waals surface area contributed by atoms with Gasteiger partial charge in [-0.3, -0.25) is 9.78 Å². The minimum absolute atomic E-state index is 0.222. The molecule has 2 aliphatic carbocycles. The van der Waals surface area contributed by atoms with Gasteiger partial charge in [0.25, 0.3) is 0 Å². The second-order valence-electron chi connectivity index (χ2n) is 8.59. The Balaban J connectivity index is 1.32. The Morgan fingerprint density at radius 3 is 2.57 bits per heavy atom. The van der Waals surface area contributed by atoms with Crippen molar-refractivity contribution in [3.8, 4) is 0 Å². The van der Waals surface area contributed by atoms with Crippen LogP contribution in [0, 0.1) is 11.8 Å². The highest BCUT2D eigenvalue weighted by molar-refractivity contribution is 6.31. The number of carbonyl (C=O) groups is 1. The van der Waals surface area contributed by atoms with Crippen LogP contribution in [0.4, 0.5) is 5.69 Å². The lowest BCUT2D eigenvalue weighted by Crippen LogP contribution is -2.44. The first kappa shape index (κ1) is 19.5. The molecule has 2 saturated carbocycles. The molecule has 4 nitrogen and oxygen atoms in total. The molecule has 1 aromatic carbocycles. The van der Waals surface area contributed by atoms with E-state index in [0.717, 1.165) is 48.7 Å². The van der Waals surface area contributed by atoms with Crippen molar-refractivity contribution in [1.29, 1.82) is 0 Å². The smallest absolute Gasteiger partial charge is 0.223 e.